The molecule has 1 fully saturated rings. The van der Waals surface area contributed by atoms with E-state index in [1.807, 2.05) is 18.2 Å². The number of aromatic amines is 1. The molecule has 0 spiro atoms. The molecule has 2 aromatic rings. The van der Waals surface area contributed by atoms with Crippen molar-refractivity contribution in [2.24, 2.45) is 0 Å². The van der Waals surface area contributed by atoms with Crippen molar-refractivity contribution in [2.75, 3.05) is 20.2 Å². The summed E-state index contributed by atoms with van der Waals surface area (Å²) in [4.78, 5) is 7.49. The Morgan fingerprint density at radius 1 is 1.32 bits per heavy atom. The summed E-state index contributed by atoms with van der Waals surface area (Å²) in [6, 6.07) is 5.50. The van der Waals surface area contributed by atoms with Gasteiger partial charge in [0.05, 0.1) is 24.7 Å². The first-order valence-electron chi connectivity index (χ1n) is 7.36. The second-order valence-electron chi connectivity index (χ2n) is 5.35. The summed E-state index contributed by atoms with van der Waals surface area (Å²) in [6.07, 6.45) is 2.94. The van der Waals surface area contributed by atoms with E-state index in [1.165, 1.54) is 4.31 Å². The highest BCUT2D eigenvalue weighted by molar-refractivity contribution is 7.87. The summed E-state index contributed by atoms with van der Waals surface area (Å²) in [5, 5.41) is 0. The monoisotopic (exact) mass is 324 g/mol. The number of rotatable bonds is 5. The molecule has 2 N–H and O–H groups in total. The normalized spacial score (nSPS) is 17.0. The molecule has 0 bridgehead atoms. The molecule has 3 rings (SSSR count). The van der Waals surface area contributed by atoms with Gasteiger partial charge in [-0.25, -0.2) is 4.98 Å². The molecule has 2 heterocycles. The predicted octanol–water partition coefficient (Wildman–Crippen LogP) is 1.39. The molecule has 120 valence electrons. The Labute approximate surface area is 129 Å². The van der Waals surface area contributed by atoms with Gasteiger partial charge in [0.15, 0.2) is 0 Å². The Morgan fingerprint density at radius 2 is 2.09 bits per heavy atom. The fourth-order valence-corrected chi connectivity index (χ4v) is 3.85. The number of benzene rings is 1. The quantitative estimate of drug-likeness (QED) is 0.870. The lowest BCUT2D eigenvalue weighted by atomic mass is 10.2. The van der Waals surface area contributed by atoms with Crippen LogP contribution in [-0.4, -0.2) is 42.9 Å². The maximum atomic E-state index is 12.2. The molecular formula is C14H20N4O3S. The van der Waals surface area contributed by atoms with E-state index < -0.39 is 10.2 Å². The van der Waals surface area contributed by atoms with Crippen LogP contribution in [0.1, 0.15) is 25.1 Å². The molecule has 1 aromatic heterocycles. The van der Waals surface area contributed by atoms with Crippen molar-refractivity contribution >= 4 is 21.2 Å². The van der Waals surface area contributed by atoms with E-state index in [0.717, 1.165) is 36.0 Å². The van der Waals surface area contributed by atoms with Crippen LogP contribution in [0.5, 0.6) is 5.75 Å². The van der Waals surface area contributed by atoms with E-state index in [2.05, 4.69) is 14.7 Å². The standard InChI is InChI=1S/C14H20N4O3S/c1-21-11-5-6-12-13(9-11)17-14(16-12)10-15-22(19,20)18-7-3-2-4-8-18/h5-6,9,15H,2-4,7-8,10H2,1H3,(H,16,17). The molecule has 1 aliphatic rings. The molecule has 0 aliphatic carbocycles. The third kappa shape index (κ3) is 3.23. The minimum Gasteiger partial charge on any atom is -0.497 e. The van der Waals surface area contributed by atoms with Gasteiger partial charge in [-0.2, -0.15) is 17.4 Å². The maximum absolute atomic E-state index is 12.2. The first kappa shape index (κ1) is 15.3. The highest BCUT2D eigenvalue weighted by Gasteiger charge is 2.23. The van der Waals surface area contributed by atoms with E-state index >= 15 is 0 Å². The minimum atomic E-state index is -3.43. The number of nitrogens with zero attached hydrogens (tertiary/aromatic N) is 2. The zero-order valence-corrected chi connectivity index (χ0v) is 13.3. The van der Waals surface area contributed by atoms with E-state index in [9.17, 15) is 8.42 Å². The third-order valence-electron chi connectivity index (χ3n) is 3.82. The molecular weight excluding hydrogens is 304 g/mol. The van der Waals surface area contributed by atoms with Gasteiger partial charge in [0, 0.05) is 19.2 Å². The summed E-state index contributed by atoms with van der Waals surface area (Å²) < 4.78 is 33.7. The summed E-state index contributed by atoms with van der Waals surface area (Å²) in [7, 11) is -1.83. The minimum absolute atomic E-state index is 0.149. The highest BCUT2D eigenvalue weighted by atomic mass is 32.2. The van der Waals surface area contributed by atoms with Gasteiger partial charge in [0.25, 0.3) is 10.2 Å². The zero-order chi connectivity index (χ0) is 15.6. The molecule has 1 saturated heterocycles. The summed E-state index contributed by atoms with van der Waals surface area (Å²) in [6.45, 7) is 1.33. The highest BCUT2D eigenvalue weighted by Crippen LogP contribution is 2.19. The SMILES string of the molecule is COc1ccc2nc(CNS(=O)(=O)N3CCCCC3)[nH]c2c1. The number of H-pyrrole nitrogens is 1. The average Bonchev–Trinajstić information content (AvgIpc) is 2.96. The van der Waals surface area contributed by atoms with Crippen LogP contribution >= 0.6 is 0 Å². The van der Waals surface area contributed by atoms with Crippen molar-refractivity contribution in [1.29, 1.82) is 0 Å². The first-order chi connectivity index (χ1) is 10.6. The van der Waals surface area contributed by atoms with Crippen LogP contribution in [-0.2, 0) is 16.8 Å². The van der Waals surface area contributed by atoms with Gasteiger partial charge in [0.2, 0.25) is 0 Å². The molecule has 0 radical (unpaired) electrons. The molecule has 7 nitrogen and oxygen atoms in total. The number of nitrogens with one attached hydrogen (secondary N) is 2. The number of aromatic nitrogens is 2. The van der Waals surface area contributed by atoms with Gasteiger partial charge >= 0.3 is 0 Å². The smallest absolute Gasteiger partial charge is 0.279 e. The van der Waals surface area contributed by atoms with Gasteiger partial charge in [-0.05, 0) is 25.0 Å². The van der Waals surface area contributed by atoms with Crippen LogP contribution in [0.25, 0.3) is 11.0 Å². The van der Waals surface area contributed by atoms with Gasteiger partial charge in [-0.15, -0.1) is 0 Å². The largest absolute Gasteiger partial charge is 0.497 e. The Kier molecular flexibility index (Phi) is 4.32. The third-order valence-corrected chi connectivity index (χ3v) is 5.37. The van der Waals surface area contributed by atoms with Crippen LogP contribution in [0.4, 0.5) is 0 Å². The number of ether oxygens (including phenoxy) is 1. The van der Waals surface area contributed by atoms with Crippen LogP contribution < -0.4 is 9.46 Å². The number of hydrogen-bond donors (Lipinski definition) is 2. The van der Waals surface area contributed by atoms with Crippen molar-refractivity contribution in [2.45, 2.75) is 25.8 Å². The van der Waals surface area contributed by atoms with Gasteiger partial charge in [-0.3, -0.25) is 0 Å². The molecule has 0 saturated carbocycles. The van der Waals surface area contributed by atoms with Crippen molar-refractivity contribution in [3.63, 3.8) is 0 Å². The second kappa shape index (κ2) is 6.23. The summed E-state index contributed by atoms with van der Waals surface area (Å²) >= 11 is 0. The fraction of sp³-hybridized carbons (Fsp3) is 0.500. The number of fused-ring (bicyclic) bond motifs is 1. The van der Waals surface area contributed by atoms with Crippen molar-refractivity contribution in [1.82, 2.24) is 19.0 Å². The molecule has 22 heavy (non-hydrogen) atoms. The number of hydrogen-bond acceptors (Lipinski definition) is 4. The van der Waals surface area contributed by atoms with E-state index in [0.29, 0.717) is 18.9 Å². The van der Waals surface area contributed by atoms with Gasteiger partial charge in [0.1, 0.15) is 11.6 Å². The first-order valence-corrected chi connectivity index (χ1v) is 8.80. The molecule has 8 heteroatoms. The fourth-order valence-electron chi connectivity index (χ4n) is 2.61. The Bertz CT molecular complexity index is 751. The Morgan fingerprint density at radius 3 is 2.82 bits per heavy atom. The predicted molar refractivity (Wildman–Crippen MR) is 83.8 cm³/mol. The van der Waals surface area contributed by atoms with Crippen molar-refractivity contribution in [3.8, 4) is 5.75 Å². The Balaban J connectivity index is 1.70. The maximum Gasteiger partial charge on any atom is 0.279 e. The lowest BCUT2D eigenvalue weighted by Gasteiger charge is -2.25. The molecule has 0 unspecified atom stereocenters. The number of methoxy groups -OCH3 is 1. The van der Waals surface area contributed by atoms with Crippen molar-refractivity contribution < 1.29 is 13.2 Å². The van der Waals surface area contributed by atoms with Crippen LogP contribution in [0, 0.1) is 0 Å². The average molecular weight is 324 g/mol. The molecule has 0 amide bonds. The molecule has 1 aliphatic heterocycles. The van der Waals surface area contributed by atoms with E-state index in [1.54, 1.807) is 7.11 Å². The van der Waals surface area contributed by atoms with Crippen LogP contribution in [0.3, 0.4) is 0 Å². The summed E-state index contributed by atoms with van der Waals surface area (Å²) in [5.74, 6) is 1.32. The molecule has 1 aromatic carbocycles. The Hall–Kier alpha value is -1.64. The van der Waals surface area contributed by atoms with E-state index in [4.69, 9.17) is 4.74 Å². The lowest BCUT2D eigenvalue weighted by molar-refractivity contribution is 0.341. The van der Waals surface area contributed by atoms with Gasteiger partial charge < -0.3 is 9.72 Å². The van der Waals surface area contributed by atoms with E-state index in [-0.39, 0.29) is 6.54 Å². The van der Waals surface area contributed by atoms with Crippen molar-refractivity contribution in [3.05, 3.63) is 24.0 Å². The lowest BCUT2D eigenvalue weighted by Crippen LogP contribution is -2.43. The zero-order valence-electron chi connectivity index (χ0n) is 12.5. The van der Waals surface area contributed by atoms with Gasteiger partial charge in [-0.1, -0.05) is 6.42 Å². The van der Waals surface area contributed by atoms with Crippen LogP contribution in [0.15, 0.2) is 18.2 Å². The molecule has 0 atom stereocenters. The van der Waals surface area contributed by atoms with Crippen LogP contribution in [0.2, 0.25) is 0 Å². The summed E-state index contributed by atoms with van der Waals surface area (Å²) in [5.41, 5.74) is 1.61. The number of piperidine rings is 1. The second-order valence-corrected chi connectivity index (χ2v) is 7.11. The topological polar surface area (TPSA) is 87.3 Å². The number of imidazole rings is 1.